The minimum absolute atomic E-state index is 0.210. The Bertz CT molecular complexity index is 1030. The number of hydrogen-bond donors (Lipinski definition) is 1. The van der Waals surface area contributed by atoms with E-state index in [1.165, 1.54) is 42.6 Å². The lowest BCUT2D eigenvalue weighted by Gasteiger charge is -2.31. The molecule has 0 bridgehead atoms. The van der Waals surface area contributed by atoms with Gasteiger partial charge in [0.15, 0.2) is 0 Å². The molecule has 1 saturated heterocycles. The molecule has 34 heavy (non-hydrogen) atoms. The average molecular weight is 469 g/mol. The molecule has 0 amide bonds. The molecule has 1 aliphatic heterocycles. The fourth-order valence-electron chi connectivity index (χ4n) is 4.44. The molecule has 3 aromatic carbocycles. The number of anilines is 2. The monoisotopic (exact) mass is 468 g/mol. The lowest BCUT2D eigenvalue weighted by Crippen LogP contribution is -2.30. The molecule has 0 aromatic heterocycles. The topological polar surface area (TPSA) is 24.5 Å². The third-order valence-corrected chi connectivity index (χ3v) is 6.17. The number of alkyl halides is 3. The van der Waals surface area contributed by atoms with Crippen molar-refractivity contribution in [2.75, 3.05) is 29.9 Å². The smallest absolute Gasteiger partial charge is 0.406 e. The Balaban J connectivity index is 1.45. The largest absolute Gasteiger partial charge is 0.573 e. The van der Waals surface area contributed by atoms with E-state index in [-0.39, 0.29) is 5.75 Å². The number of piperidine rings is 1. The predicted octanol–water partition coefficient (Wildman–Crippen LogP) is 7.68. The third-order valence-electron chi connectivity index (χ3n) is 6.17. The van der Waals surface area contributed by atoms with Gasteiger partial charge in [-0.25, -0.2) is 0 Å². The van der Waals surface area contributed by atoms with Crippen molar-refractivity contribution >= 4 is 11.4 Å². The van der Waals surface area contributed by atoms with Crippen molar-refractivity contribution in [2.45, 2.75) is 44.9 Å². The van der Waals surface area contributed by atoms with Crippen LogP contribution in [0.25, 0.3) is 11.1 Å². The zero-order chi connectivity index (χ0) is 23.8. The summed E-state index contributed by atoms with van der Waals surface area (Å²) >= 11 is 0. The van der Waals surface area contributed by atoms with Crippen LogP contribution in [0.4, 0.5) is 24.5 Å². The first-order valence-electron chi connectivity index (χ1n) is 12.0. The quantitative estimate of drug-likeness (QED) is 0.326. The van der Waals surface area contributed by atoms with Gasteiger partial charge in [-0.2, -0.15) is 0 Å². The fraction of sp³-hybridized carbons (Fsp3) is 0.357. The molecule has 1 heterocycles. The standard InChI is InChI=1S/C28H31F3N2O/c29-28(30,31)34-25-15-12-23(13-16-25)24-14-17-27(33-19-7-2-8-20-33)26(21-24)32-18-6-5-11-22-9-3-1-4-10-22/h1,3-4,9-10,12-17,21,32H,2,5-8,11,18-20H2. The van der Waals surface area contributed by atoms with E-state index in [4.69, 9.17) is 0 Å². The van der Waals surface area contributed by atoms with Gasteiger partial charge in [0.25, 0.3) is 0 Å². The fourth-order valence-corrected chi connectivity index (χ4v) is 4.44. The van der Waals surface area contributed by atoms with Gasteiger partial charge in [0.1, 0.15) is 5.75 Å². The summed E-state index contributed by atoms with van der Waals surface area (Å²) in [6, 6.07) is 22.9. The number of nitrogens with zero attached hydrogens (tertiary/aromatic N) is 1. The first kappa shape index (κ1) is 24.0. The first-order chi connectivity index (χ1) is 16.5. The highest BCUT2D eigenvalue weighted by molar-refractivity contribution is 5.78. The second kappa shape index (κ2) is 11.3. The van der Waals surface area contributed by atoms with Crippen LogP contribution in [0.3, 0.4) is 0 Å². The predicted molar refractivity (Wildman–Crippen MR) is 132 cm³/mol. The minimum Gasteiger partial charge on any atom is -0.406 e. The molecule has 0 spiro atoms. The highest BCUT2D eigenvalue weighted by atomic mass is 19.4. The second-order valence-corrected chi connectivity index (χ2v) is 8.72. The van der Waals surface area contributed by atoms with Crippen LogP contribution < -0.4 is 15.0 Å². The van der Waals surface area contributed by atoms with Crippen LogP contribution in [0.1, 0.15) is 37.7 Å². The lowest BCUT2D eigenvalue weighted by atomic mass is 10.0. The molecule has 4 rings (SSSR count). The molecule has 0 atom stereocenters. The summed E-state index contributed by atoms with van der Waals surface area (Å²) < 4.78 is 41.4. The molecule has 3 aromatic rings. The van der Waals surface area contributed by atoms with E-state index in [1.807, 2.05) is 12.1 Å². The van der Waals surface area contributed by atoms with Crippen LogP contribution in [-0.4, -0.2) is 26.0 Å². The summed E-state index contributed by atoms with van der Waals surface area (Å²) in [5.74, 6) is -0.210. The molecule has 0 aliphatic carbocycles. The Kier molecular flexibility index (Phi) is 7.99. The summed E-state index contributed by atoms with van der Waals surface area (Å²) in [5, 5.41) is 3.63. The van der Waals surface area contributed by atoms with Crippen LogP contribution >= 0.6 is 0 Å². The van der Waals surface area contributed by atoms with Gasteiger partial charge in [-0.15, -0.1) is 13.2 Å². The number of nitrogens with one attached hydrogen (secondary N) is 1. The van der Waals surface area contributed by atoms with Gasteiger partial charge in [0.2, 0.25) is 0 Å². The van der Waals surface area contributed by atoms with E-state index in [9.17, 15) is 13.2 Å². The van der Waals surface area contributed by atoms with Crippen molar-refractivity contribution in [3.8, 4) is 16.9 Å². The molecular formula is C28H31F3N2O. The minimum atomic E-state index is -4.69. The van der Waals surface area contributed by atoms with Gasteiger partial charge in [-0.3, -0.25) is 0 Å². The van der Waals surface area contributed by atoms with Gasteiger partial charge >= 0.3 is 6.36 Å². The Morgan fingerprint density at radius 1 is 0.794 bits per heavy atom. The molecule has 1 fully saturated rings. The van der Waals surface area contributed by atoms with Crippen LogP contribution in [0.15, 0.2) is 72.8 Å². The molecule has 0 radical (unpaired) electrons. The van der Waals surface area contributed by atoms with E-state index >= 15 is 0 Å². The molecular weight excluding hydrogens is 437 g/mol. The summed E-state index contributed by atoms with van der Waals surface area (Å²) in [5.41, 5.74) is 5.45. The molecule has 0 saturated carbocycles. The van der Waals surface area contributed by atoms with Crippen molar-refractivity contribution in [1.82, 2.24) is 0 Å². The summed E-state index contributed by atoms with van der Waals surface area (Å²) in [7, 11) is 0. The molecule has 6 heteroatoms. The summed E-state index contributed by atoms with van der Waals surface area (Å²) in [6.07, 6.45) is 2.20. The lowest BCUT2D eigenvalue weighted by molar-refractivity contribution is -0.274. The highest BCUT2D eigenvalue weighted by Gasteiger charge is 2.31. The normalized spacial score (nSPS) is 14.1. The Morgan fingerprint density at radius 3 is 2.21 bits per heavy atom. The Hall–Kier alpha value is -3.15. The number of ether oxygens (including phenoxy) is 1. The van der Waals surface area contributed by atoms with Crippen molar-refractivity contribution < 1.29 is 17.9 Å². The first-order valence-corrected chi connectivity index (χ1v) is 12.0. The summed E-state index contributed by atoms with van der Waals surface area (Å²) in [6.45, 7) is 2.96. The van der Waals surface area contributed by atoms with Gasteiger partial charge in [-0.05, 0) is 79.5 Å². The maximum absolute atomic E-state index is 12.5. The van der Waals surface area contributed by atoms with Crippen molar-refractivity contribution in [3.63, 3.8) is 0 Å². The third kappa shape index (κ3) is 6.92. The van der Waals surface area contributed by atoms with E-state index in [1.54, 1.807) is 12.1 Å². The average Bonchev–Trinajstić information content (AvgIpc) is 2.84. The van der Waals surface area contributed by atoms with E-state index in [0.717, 1.165) is 55.7 Å². The maximum Gasteiger partial charge on any atom is 0.573 e. The van der Waals surface area contributed by atoms with Crippen LogP contribution in [0.2, 0.25) is 0 Å². The van der Waals surface area contributed by atoms with Crippen molar-refractivity contribution in [2.24, 2.45) is 0 Å². The number of hydrogen-bond acceptors (Lipinski definition) is 3. The molecule has 0 unspecified atom stereocenters. The number of aryl methyl sites for hydroxylation is 1. The van der Waals surface area contributed by atoms with Gasteiger partial charge < -0.3 is 15.0 Å². The van der Waals surface area contributed by atoms with E-state index in [2.05, 4.69) is 51.4 Å². The van der Waals surface area contributed by atoms with Gasteiger partial charge in [-0.1, -0.05) is 48.5 Å². The van der Waals surface area contributed by atoms with Gasteiger partial charge in [0, 0.05) is 19.6 Å². The Labute approximate surface area is 199 Å². The maximum atomic E-state index is 12.5. The number of unbranched alkanes of at least 4 members (excludes halogenated alkanes) is 1. The zero-order valence-electron chi connectivity index (χ0n) is 19.3. The van der Waals surface area contributed by atoms with E-state index < -0.39 is 6.36 Å². The SMILES string of the molecule is FC(F)(F)Oc1ccc(-c2ccc(N3CCCCC3)c(NCCCCc3ccccc3)c2)cc1. The van der Waals surface area contributed by atoms with Gasteiger partial charge in [0.05, 0.1) is 11.4 Å². The second-order valence-electron chi connectivity index (χ2n) is 8.72. The molecule has 1 N–H and O–H groups in total. The molecule has 3 nitrogen and oxygen atoms in total. The van der Waals surface area contributed by atoms with Crippen LogP contribution in [0.5, 0.6) is 5.75 Å². The van der Waals surface area contributed by atoms with Crippen molar-refractivity contribution in [1.29, 1.82) is 0 Å². The number of benzene rings is 3. The van der Waals surface area contributed by atoms with Crippen molar-refractivity contribution in [3.05, 3.63) is 78.4 Å². The molecule has 180 valence electrons. The summed E-state index contributed by atoms with van der Waals surface area (Å²) in [4.78, 5) is 2.43. The van der Waals surface area contributed by atoms with Crippen LogP contribution in [0, 0.1) is 0 Å². The number of halogens is 3. The number of rotatable bonds is 9. The zero-order valence-corrected chi connectivity index (χ0v) is 19.3. The molecule has 1 aliphatic rings. The van der Waals surface area contributed by atoms with Crippen LogP contribution in [-0.2, 0) is 6.42 Å². The van der Waals surface area contributed by atoms with E-state index in [0.29, 0.717) is 0 Å². The Morgan fingerprint density at radius 2 is 1.50 bits per heavy atom. The highest BCUT2D eigenvalue weighted by Crippen LogP contribution is 2.34.